The van der Waals surface area contributed by atoms with Crippen LogP contribution in [-0.2, 0) is 9.84 Å². The maximum absolute atomic E-state index is 11.0. The molecule has 1 heterocycles. The maximum atomic E-state index is 11.0. The average molecular weight is 226 g/mol. The molecule has 2 atom stereocenters. The number of sulfone groups is 1. The van der Waals surface area contributed by atoms with Gasteiger partial charge in [-0.1, -0.05) is 5.92 Å². The first-order chi connectivity index (χ1) is 5.55. The fourth-order valence-electron chi connectivity index (χ4n) is 1.21. The zero-order valence-corrected chi connectivity index (χ0v) is 8.57. The van der Waals surface area contributed by atoms with E-state index in [1.165, 1.54) is 0 Å². The summed E-state index contributed by atoms with van der Waals surface area (Å²) in [6, 6.07) is -0.397. The summed E-state index contributed by atoms with van der Waals surface area (Å²) in [5.41, 5.74) is 0. The molecule has 2 N–H and O–H groups in total. The van der Waals surface area contributed by atoms with E-state index in [9.17, 15) is 13.5 Å². The molecule has 0 unspecified atom stereocenters. The molecule has 1 saturated heterocycles. The van der Waals surface area contributed by atoms with Crippen molar-refractivity contribution in [1.29, 1.82) is 0 Å². The minimum atomic E-state index is -3.06. The van der Waals surface area contributed by atoms with Crippen LogP contribution in [0.5, 0.6) is 0 Å². The Morgan fingerprint density at radius 1 is 1.54 bits per heavy atom. The highest BCUT2D eigenvalue weighted by molar-refractivity contribution is 7.91. The SMILES string of the molecule is C#CCN[C@H]1CS(=O)(=O)C[C@@H]1O.Cl. The fraction of sp³-hybridized carbons (Fsp3) is 0.714. The molecule has 0 saturated carbocycles. The van der Waals surface area contributed by atoms with Crippen LogP contribution in [0.3, 0.4) is 0 Å². The number of rotatable bonds is 2. The second-order valence-corrected chi connectivity index (χ2v) is 4.99. The summed E-state index contributed by atoms with van der Waals surface area (Å²) in [5, 5.41) is 12.0. The third-order valence-electron chi connectivity index (χ3n) is 1.79. The highest BCUT2D eigenvalue weighted by Gasteiger charge is 2.35. The Bertz CT molecular complexity index is 295. The first-order valence-electron chi connectivity index (χ1n) is 3.60. The first-order valence-corrected chi connectivity index (χ1v) is 5.42. The zero-order chi connectivity index (χ0) is 9.19. The number of hydrogen-bond acceptors (Lipinski definition) is 4. The molecule has 76 valence electrons. The molecule has 0 spiro atoms. The van der Waals surface area contributed by atoms with E-state index in [1.807, 2.05) is 0 Å². The molecule has 1 fully saturated rings. The molecule has 1 aliphatic rings. The summed E-state index contributed by atoms with van der Waals surface area (Å²) in [6.45, 7) is 0.289. The van der Waals surface area contributed by atoms with Crippen LogP contribution in [0.1, 0.15) is 0 Å². The van der Waals surface area contributed by atoms with E-state index >= 15 is 0 Å². The molecule has 1 rings (SSSR count). The molecule has 0 bridgehead atoms. The minimum Gasteiger partial charge on any atom is -0.390 e. The normalized spacial score (nSPS) is 30.5. The molecule has 0 radical (unpaired) electrons. The third kappa shape index (κ3) is 3.53. The van der Waals surface area contributed by atoms with Gasteiger partial charge in [-0.3, -0.25) is 5.32 Å². The summed E-state index contributed by atoms with van der Waals surface area (Å²) in [5.74, 6) is 2.15. The molecule has 0 aliphatic carbocycles. The lowest BCUT2D eigenvalue weighted by atomic mass is 10.2. The lowest BCUT2D eigenvalue weighted by Gasteiger charge is -2.11. The fourth-order valence-corrected chi connectivity index (χ4v) is 2.99. The van der Waals surface area contributed by atoms with Crippen LogP contribution in [0.2, 0.25) is 0 Å². The molecule has 0 amide bonds. The van der Waals surface area contributed by atoms with Crippen LogP contribution in [0.15, 0.2) is 0 Å². The van der Waals surface area contributed by atoms with E-state index in [4.69, 9.17) is 6.42 Å². The van der Waals surface area contributed by atoms with Crippen molar-refractivity contribution in [3.05, 3.63) is 0 Å². The highest BCUT2D eigenvalue weighted by atomic mass is 35.5. The standard InChI is InChI=1S/C7H11NO3S.ClH/c1-2-3-8-6-4-12(10,11)5-7(6)9;/h1,6-9H,3-5H2;1H/t6-,7-;/m0./s1. The highest BCUT2D eigenvalue weighted by Crippen LogP contribution is 2.11. The van der Waals surface area contributed by atoms with Crippen LogP contribution in [0.25, 0.3) is 0 Å². The quantitative estimate of drug-likeness (QED) is 0.579. The number of halogens is 1. The second-order valence-electron chi connectivity index (χ2n) is 2.84. The molecular formula is C7H12ClNO3S. The maximum Gasteiger partial charge on any atom is 0.154 e. The zero-order valence-electron chi connectivity index (χ0n) is 6.93. The van der Waals surface area contributed by atoms with E-state index in [2.05, 4.69) is 11.2 Å². The predicted molar refractivity (Wildman–Crippen MR) is 52.5 cm³/mol. The number of aliphatic hydroxyl groups excluding tert-OH is 1. The first kappa shape index (κ1) is 12.7. The van der Waals surface area contributed by atoms with Crippen molar-refractivity contribution >= 4 is 22.2 Å². The number of terminal acetylenes is 1. The Hall–Kier alpha value is -0.280. The van der Waals surface area contributed by atoms with E-state index in [0.29, 0.717) is 0 Å². The van der Waals surface area contributed by atoms with Gasteiger partial charge in [-0.2, -0.15) is 0 Å². The third-order valence-corrected chi connectivity index (χ3v) is 3.51. The van der Waals surface area contributed by atoms with Crippen molar-refractivity contribution in [1.82, 2.24) is 5.32 Å². The van der Waals surface area contributed by atoms with E-state index in [-0.39, 0.29) is 30.5 Å². The second kappa shape index (κ2) is 4.82. The monoisotopic (exact) mass is 225 g/mol. The Morgan fingerprint density at radius 2 is 2.15 bits per heavy atom. The smallest absolute Gasteiger partial charge is 0.154 e. The summed E-state index contributed by atoms with van der Waals surface area (Å²) in [7, 11) is -3.06. The van der Waals surface area contributed by atoms with Crippen molar-refractivity contribution in [2.24, 2.45) is 0 Å². The van der Waals surface area contributed by atoms with Gasteiger partial charge in [0.1, 0.15) is 0 Å². The lowest BCUT2D eigenvalue weighted by molar-refractivity contribution is 0.168. The predicted octanol–water partition coefficient (Wildman–Crippen LogP) is -1.21. The molecule has 4 nitrogen and oxygen atoms in total. The van der Waals surface area contributed by atoms with Gasteiger partial charge in [-0.05, 0) is 0 Å². The van der Waals surface area contributed by atoms with Crippen LogP contribution < -0.4 is 5.32 Å². The van der Waals surface area contributed by atoms with Crippen molar-refractivity contribution < 1.29 is 13.5 Å². The van der Waals surface area contributed by atoms with Crippen molar-refractivity contribution in [2.45, 2.75) is 12.1 Å². The van der Waals surface area contributed by atoms with Gasteiger partial charge in [0.15, 0.2) is 9.84 Å². The molecular weight excluding hydrogens is 214 g/mol. The number of hydrogen-bond donors (Lipinski definition) is 2. The van der Waals surface area contributed by atoms with Gasteiger partial charge >= 0.3 is 0 Å². The van der Waals surface area contributed by atoms with Crippen LogP contribution >= 0.6 is 12.4 Å². The molecule has 1 aliphatic heterocycles. The van der Waals surface area contributed by atoms with E-state index in [1.54, 1.807) is 0 Å². The largest absolute Gasteiger partial charge is 0.390 e. The summed E-state index contributed by atoms with van der Waals surface area (Å²) >= 11 is 0. The van der Waals surface area contributed by atoms with Gasteiger partial charge in [-0.25, -0.2) is 8.42 Å². The van der Waals surface area contributed by atoms with Crippen LogP contribution in [0.4, 0.5) is 0 Å². The van der Waals surface area contributed by atoms with E-state index in [0.717, 1.165) is 0 Å². The molecule has 0 aromatic heterocycles. The number of aliphatic hydroxyl groups is 1. The summed E-state index contributed by atoms with van der Waals surface area (Å²) in [4.78, 5) is 0. The topological polar surface area (TPSA) is 66.4 Å². The van der Waals surface area contributed by atoms with Gasteiger partial charge in [-0.15, -0.1) is 18.8 Å². The van der Waals surface area contributed by atoms with Crippen molar-refractivity contribution in [2.75, 3.05) is 18.1 Å². The lowest BCUT2D eigenvalue weighted by Crippen LogP contribution is -2.38. The minimum absolute atomic E-state index is 0. The summed E-state index contributed by atoms with van der Waals surface area (Å²) in [6.07, 6.45) is 4.16. The van der Waals surface area contributed by atoms with E-state index < -0.39 is 22.0 Å². The van der Waals surface area contributed by atoms with Gasteiger partial charge in [0.05, 0.1) is 24.2 Å². The Labute approximate surface area is 84.0 Å². The van der Waals surface area contributed by atoms with Gasteiger partial charge in [0.25, 0.3) is 0 Å². The van der Waals surface area contributed by atoms with Gasteiger partial charge < -0.3 is 5.11 Å². The Morgan fingerprint density at radius 3 is 2.54 bits per heavy atom. The van der Waals surface area contributed by atoms with Gasteiger partial charge in [0, 0.05) is 6.04 Å². The molecule has 13 heavy (non-hydrogen) atoms. The van der Waals surface area contributed by atoms with Crippen molar-refractivity contribution in [3.8, 4) is 12.3 Å². The Balaban J connectivity index is 0.00000144. The van der Waals surface area contributed by atoms with Crippen LogP contribution in [0, 0.1) is 12.3 Å². The van der Waals surface area contributed by atoms with Gasteiger partial charge in [0.2, 0.25) is 0 Å². The average Bonchev–Trinajstić information content (AvgIpc) is 2.20. The van der Waals surface area contributed by atoms with Crippen LogP contribution in [-0.4, -0.2) is 43.7 Å². The van der Waals surface area contributed by atoms with Crippen molar-refractivity contribution in [3.63, 3.8) is 0 Å². The number of nitrogens with one attached hydrogen (secondary N) is 1. The Kier molecular flexibility index (Phi) is 4.71. The molecule has 0 aromatic carbocycles. The summed E-state index contributed by atoms with van der Waals surface area (Å²) < 4.78 is 21.9. The molecule has 6 heteroatoms. The molecule has 0 aromatic rings.